The van der Waals surface area contributed by atoms with Gasteiger partial charge < -0.3 is 10.6 Å². The van der Waals surface area contributed by atoms with Gasteiger partial charge in [-0.1, -0.05) is 18.2 Å². The van der Waals surface area contributed by atoms with E-state index in [0.717, 1.165) is 5.56 Å². The molecule has 6 heteroatoms. The van der Waals surface area contributed by atoms with Crippen molar-refractivity contribution in [3.05, 3.63) is 72.6 Å². The molecule has 0 saturated carbocycles. The van der Waals surface area contributed by atoms with E-state index in [0.29, 0.717) is 23.9 Å². The predicted octanol–water partition coefficient (Wildman–Crippen LogP) is 3.37. The van der Waals surface area contributed by atoms with Crippen LogP contribution in [-0.4, -0.2) is 15.0 Å². The summed E-state index contributed by atoms with van der Waals surface area (Å²) in [6, 6.07) is 12.0. The van der Waals surface area contributed by atoms with Gasteiger partial charge in [0.2, 0.25) is 0 Å². The van der Waals surface area contributed by atoms with Gasteiger partial charge >= 0.3 is 0 Å². The molecule has 0 bridgehead atoms. The smallest absolute Gasteiger partial charge is 0.146 e. The molecule has 1 aromatic carbocycles. The van der Waals surface area contributed by atoms with Crippen molar-refractivity contribution in [1.82, 2.24) is 15.0 Å². The zero-order valence-corrected chi connectivity index (χ0v) is 11.7. The van der Waals surface area contributed by atoms with E-state index >= 15 is 0 Å². The van der Waals surface area contributed by atoms with Crippen molar-refractivity contribution in [2.45, 2.75) is 6.54 Å². The highest BCUT2D eigenvalue weighted by atomic mass is 19.1. The van der Waals surface area contributed by atoms with Crippen molar-refractivity contribution in [1.29, 1.82) is 0 Å². The first kappa shape index (κ1) is 13.9. The van der Waals surface area contributed by atoms with Crippen LogP contribution in [0.5, 0.6) is 0 Å². The van der Waals surface area contributed by atoms with Crippen molar-refractivity contribution in [3.8, 4) is 0 Å². The highest BCUT2D eigenvalue weighted by Gasteiger charge is 2.03. The number of nitrogens with zero attached hydrogens (tertiary/aromatic N) is 3. The second kappa shape index (κ2) is 6.62. The fourth-order valence-electron chi connectivity index (χ4n) is 1.92. The number of hydrogen-bond acceptors (Lipinski definition) is 5. The van der Waals surface area contributed by atoms with Crippen LogP contribution in [0, 0.1) is 5.82 Å². The van der Waals surface area contributed by atoms with Crippen molar-refractivity contribution in [3.63, 3.8) is 0 Å². The van der Waals surface area contributed by atoms with Gasteiger partial charge in [0, 0.05) is 25.0 Å². The monoisotopic (exact) mass is 295 g/mol. The van der Waals surface area contributed by atoms with Crippen LogP contribution in [0.25, 0.3) is 0 Å². The number of hydrogen-bond donors (Lipinski definition) is 2. The number of pyridine rings is 1. The molecule has 0 spiro atoms. The molecule has 0 atom stereocenters. The third-order valence-electron chi connectivity index (χ3n) is 3.00. The van der Waals surface area contributed by atoms with Crippen molar-refractivity contribution in [2.24, 2.45) is 0 Å². The van der Waals surface area contributed by atoms with Gasteiger partial charge in [0.15, 0.2) is 0 Å². The first-order valence-corrected chi connectivity index (χ1v) is 6.77. The molecule has 0 unspecified atom stereocenters. The van der Waals surface area contributed by atoms with Crippen LogP contribution < -0.4 is 10.6 Å². The van der Waals surface area contributed by atoms with Gasteiger partial charge in [-0.15, -0.1) is 0 Å². The maximum Gasteiger partial charge on any atom is 0.146 e. The lowest BCUT2D eigenvalue weighted by molar-refractivity contribution is 0.632. The van der Waals surface area contributed by atoms with Gasteiger partial charge in [-0.2, -0.15) is 0 Å². The molecule has 0 saturated heterocycles. The summed E-state index contributed by atoms with van der Waals surface area (Å²) < 4.78 is 13.6. The minimum absolute atomic E-state index is 0.328. The van der Waals surface area contributed by atoms with E-state index in [-0.39, 0.29) is 5.82 Å². The summed E-state index contributed by atoms with van der Waals surface area (Å²) in [5.41, 5.74) is 1.42. The second-order valence-corrected chi connectivity index (χ2v) is 4.61. The largest absolute Gasteiger partial charge is 0.366 e. The molecule has 5 nitrogen and oxygen atoms in total. The van der Waals surface area contributed by atoms with Gasteiger partial charge in [-0.3, -0.25) is 4.98 Å². The summed E-state index contributed by atoms with van der Waals surface area (Å²) in [6.07, 6.45) is 4.94. The van der Waals surface area contributed by atoms with Gasteiger partial charge in [0.05, 0.1) is 5.69 Å². The van der Waals surface area contributed by atoms with Crippen LogP contribution in [0.3, 0.4) is 0 Å². The lowest BCUT2D eigenvalue weighted by atomic mass is 10.3. The van der Waals surface area contributed by atoms with Crippen LogP contribution >= 0.6 is 0 Å². The summed E-state index contributed by atoms with van der Waals surface area (Å²) in [5.74, 6) is 0.845. The maximum atomic E-state index is 13.6. The fourth-order valence-corrected chi connectivity index (χ4v) is 1.92. The van der Waals surface area contributed by atoms with Gasteiger partial charge in [0.25, 0.3) is 0 Å². The quantitative estimate of drug-likeness (QED) is 0.755. The molecule has 0 aliphatic carbocycles. The summed E-state index contributed by atoms with van der Waals surface area (Å²) in [7, 11) is 0. The Morgan fingerprint density at radius 2 is 1.86 bits per heavy atom. The molecule has 0 aliphatic heterocycles. The second-order valence-electron chi connectivity index (χ2n) is 4.61. The molecule has 0 fully saturated rings. The third-order valence-corrected chi connectivity index (χ3v) is 3.00. The zero-order valence-electron chi connectivity index (χ0n) is 11.7. The number of aromatic nitrogens is 3. The maximum absolute atomic E-state index is 13.6. The molecule has 110 valence electrons. The first-order valence-electron chi connectivity index (χ1n) is 6.77. The summed E-state index contributed by atoms with van der Waals surface area (Å²) in [4.78, 5) is 12.3. The molecule has 3 rings (SSSR count). The van der Waals surface area contributed by atoms with Gasteiger partial charge in [-0.25, -0.2) is 14.4 Å². The van der Waals surface area contributed by atoms with E-state index in [1.165, 1.54) is 12.4 Å². The molecular formula is C16H14FN5. The SMILES string of the molecule is Fc1ccccc1Nc1cc(NCc2cccnc2)ncn1. The van der Waals surface area contributed by atoms with Crippen LogP contribution in [0.2, 0.25) is 0 Å². The van der Waals surface area contributed by atoms with E-state index < -0.39 is 0 Å². The number of para-hydroxylation sites is 1. The number of rotatable bonds is 5. The minimum Gasteiger partial charge on any atom is -0.366 e. The van der Waals surface area contributed by atoms with Gasteiger partial charge in [0.1, 0.15) is 23.8 Å². The molecule has 2 aromatic heterocycles. The predicted molar refractivity (Wildman–Crippen MR) is 83.3 cm³/mol. The van der Waals surface area contributed by atoms with E-state index in [1.54, 1.807) is 36.7 Å². The van der Waals surface area contributed by atoms with Gasteiger partial charge in [-0.05, 0) is 23.8 Å². The molecule has 2 heterocycles. The average molecular weight is 295 g/mol. The highest BCUT2D eigenvalue weighted by molar-refractivity contribution is 5.59. The molecule has 2 N–H and O–H groups in total. The fraction of sp³-hybridized carbons (Fsp3) is 0.0625. The van der Waals surface area contributed by atoms with E-state index in [1.807, 2.05) is 12.1 Å². The summed E-state index contributed by atoms with van der Waals surface area (Å²) >= 11 is 0. The number of anilines is 3. The van der Waals surface area contributed by atoms with Crippen molar-refractivity contribution >= 4 is 17.3 Å². The Kier molecular flexibility index (Phi) is 4.20. The molecule has 0 radical (unpaired) electrons. The Morgan fingerprint density at radius 3 is 2.68 bits per heavy atom. The molecule has 3 aromatic rings. The number of benzene rings is 1. The standard InChI is InChI=1S/C16H14FN5/c17-13-5-1-2-6-14(13)22-16-8-15(20-11-21-16)19-10-12-4-3-7-18-9-12/h1-9,11H,10H2,(H2,19,20,21,22). The molecule has 0 aliphatic rings. The topological polar surface area (TPSA) is 62.7 Å². The lowest BCUT2D eigenvalue weighted by Gasteiger charge is -2.09. The Labute approximate surface area is 127 Å². The van der Waals surface area contributed by atoms with Crippen molar-refractivity contribution < 1.29 is 4.39 Å². The normalized spacial score (nSPS) is 10.2. The zero-order chi connectivity index (χ0) is 15.2. The van der Waals surface area contributed by atoms with Crippen LogP contribution in [0.15, 0.2) is 61.2 Å². The summed E-state index contributed by atoms with van der Waals surface area (Å²) in [6.45, 7) is 0.601. The van der Waals surface area contributed by atoms with E-state index in [2.05, 4.69) is 25.6 Å². The Bertz CT molecular complexity index is 748. The van der Waals surface area contributed by atoms with E-state index in [4.69, 9.17) is 0 Å². The summed E-state index contributed by atoms with van der Waals surface area (Å²) in [5, 5.41) is 6.11. The Hall–Kier alpha value is -3.02. The van der Waals surface area contributed by atoms with E-state index in [9.17, 15) is 4.39 Å². The van der Waals surface area contributed by atoms with Crippen LogP contribution in [0.1, 0.15) is 5.56 Å². The Morgan fingerprint density at radius 1 is 1.00 bits per heavy atom. The molecule has 0 amide bonds. The third kappa shape index (κ3) is 3.54. The first-order chi connectivity index (χ1) is 10.8. The lowest BCUT2D eigenvalue weighted by Crippen LogP contribution is -2.03. The van der Waals surface area contributed by atoms with Crippen molar-refractivity contribution in [2.75, 3.05) is 10.6 Å². The highest BCUT2D eigenvalue weighted by Crippen LogP contribution is 2.19. The van der Waals surface area contributed by atoms with Crippen LogP contribution in [0.4, 0.5) is 21.7 Å². The minimum atomic E-state index is -0.328. The average Bonchev–Trinajstić information content (AvgIpc) is 2.57. The number of nitrogens with one attached hydrogen (secondary N) is 2. The molecule has 22 heavy (non-hydrogen) atoms. The van der Waals surface area contributed by atoms with Crippen LogP contribution in [-0.2, 0) is 6.54 Å². The number of halogens is 1. The Balaban J connectivity index is 1.69. The molecular weight excluding hydrogens is 281 g/mol.